The number of nitrogens with one attached hydrogen (secondary N) is 1. The smallest absolute Gasteiger partial charge is 0.167 e. The molecule has 0 fully saturated rings. The van der Waals surface area contributed by atoms with Gasteiger partial charge in [0.2, 0.25) is 0 Å². The lowest BCUT2D eigenvalue weighted by molar-refractivity contribution is 0.112. The lowest BCUT2D eigenvalue weighted by atomic mass is 10.0. The molecule has 2 unspecified atom stereocenters. The van der Waals surface area contributed by atoms with E-state index in [1.54, 1.807) is 12.1 Å². The van der Waals surface area contributed by atoms with Crippen LogP contribution in [0.25, 0.3) is 0 Å². The Kier molecular flexibility index (Phi) is 6.09. The van der Waals surface area contributed by atoms with Crippen LogP contribution in [0.15, 0.2) is 42.5 Å². The Balaban J connectivity index is 1.67. The van der Waals surface area contributed by atoms with Crippen molar-refractivity contribution in [2.45, 2.75) is 37.2 Å². The van der Waals surface area contributed by atoms with E-state index in [2.05, 4.69) is 5.32 Å². The molecular formula is C21H25NO4S. The number of aliphatic hydroxyl groups excluding tert-OH is 1. The van der Waals surface area contributed by atoms with Gasteiger partial charge < -0.3 is 5.11 Å². The fourth-order valence-electron chi connectivity index (χ4n) is 3.68. The van der Waals surface area contributed by atoms with Crippen LogP contribution in [0.5, 0.6) is 0 Å². The summed E-state index contributed by atoms with van der Waals surface area (Å²) < 4.78 is 24.6. The Morgan fingerprint density at radius 3 is 2.78 bits per heavy atom. The molecule has 3 rings (SSSR count). The molecule has 2 N–H and O–H groups in total. The number of aliphatic hydroxyl groups is 1. The van der Waals surface area contributed by atoms with E-state index in [9.17, 15) is 18.3 Å². The van der Waals surface area contributed by atoms with Gasteiger partial charge in [0.1, 0.15) is 11.7 Å². The highest BCUT2D eigenvalue weighted by molar-refractivity contribution is 7.90. The van der Waals surface area contributed by atoms with Gasteiger partial charge in [0.15, 0.2) is 9.84 Å². The summed E-state index contributed by atoms with van der Waals surface area (Å²) >= 11 is 0. The normalized spacial score (nSPS) is 17.5. The lowest BCUT2D eigenvalue weighted by Crippen LogP contribution is -2.29. The van der Waals surface area contributed by atoms with Gasteiger partial charge in [-0.05, 0) is 54.5 Å². The topological polar surface area (TPSA) is 83.5 Å². The quantitative estimate of drug-likeness (QED) is 0.538. The van der Waals surface area contributed by atoms with Crippen LogP contribution >= 0.6 is 0 Å². The van der Waals surface area contributed by atoms with Crippen molar-refractivity contribution in [3.63, 3.8) is 0 Å². The van der Waals surface area contributed by atoms with Crippen LogP contribution in [-0.2, 0) is 22.7 Å². The van der Waals surface area contributed by atoms with Gasteiger partial charge in [0, 0.05) is 11.8 Å². The number of sulfone groups is 1. The van der Waals surface area contributed by atoms with Crippen molar-refractivity contribution >= 4 is 16.1 Å². The minimum absolute atomic E-state index is 0.448. The van der Waals surface area contributed by atoms with Crippen molar-refractivity contribution in [3.05, 3.63) is 70.3 Å². The van der Waals surface area contributed by atoms with Gasteiger partial charge >= 0.3 is 0 Å². The third-order valence-corrected chi connectivity index (χ3v) is 6.37. The van der Waals surface area contributed by atoms with E-state index in [-0.39, 0.29) is 0 Å². The molecule has 1 aliphatic carbocycles. The Morgan fingerprint density at radius 2 is 2.04 bits per heavy atom. The molecule has 1 aliphatic rings. The van der Waals surface area contributed by atoms with Crippen LogP contribution in [0.4, 0.5) is 0 Å². The van der Waals surface area contributed by atoms with Gasteiger partial charge in [-0.3, -0.25) is 10.1 Å². The highest BCUT2D eigenvalue weighted by Gasteiger charge is 2.26. The van der Waals surface area contributed by atoms with E-state index in [1.807, 2.05) is 30.3 Å². The van der Waals surface area contributed by atoms with Gasteiger partial charge in [-0.15, -0.1) is 0 Å². The highest BCUT2D eigenvalue weighted by atomic mass is 32.2. The number of hydrogen-bond donors (Lipinski definition) is 2. The average Bonchev–Trinajstić information content (AvgIpc) is 3.01. The Labute approximate surface area is 160 Å². The van der Waals surface area contributed by atoms with E-state index in [1.165, 1.54) is 6.26 Å². The number of fused-ring (bicyclic) bond motifs is 1. The zero-order chi connectivity index (χ0) is 19.4. The summed E-state index contributed by atoms with van der Waals surface area (Å²) in [5.74, 6) is 0. The van der Waals surface area contributed by atoms with Crippen LogP contribution in [0.3, 0.4) is 0 Å². The molecule has 0 aliphatic heterocycles. The van der Waals surface area contributed by atoms with Gasteiger partial charge in [-0.2, -0.15) is 0 Å². The van der Waals surface area contributed by atoms with Crippen molar-refractivity contribution in [1.82, 2.24) is 5.32 Å². The van der Waals surface area contributed by atoms with E-state index in [0.717, 1.165) is 35.8 Å². The Hall–Kier alpha value is -2.02. The van der Waals surface area contributed by atoms with Gasteiger partial charge in [-0.1, -0.05) is 42.5 Å². The minimum Gasteiger partial charge on any atom is -0.388 e. The molecule has 0 aromatic heterocycles. The van der Waals surface area contributed by atoms with Gasteiger partial charge in [0.05, 0.1) is 6.10 Å². The minimum atomic E-state index is -3.34. The molecule has 2 atom stereocenters. The number of hydrogen-bond acceptors (Lipinski definition) is 5. The fraction of sp³-hybridized carbons (Fsp3) is 0.381. The molecule has 5 nitrogen and oxygen atoms in total. The van der Waals surface area contributed by atoms with Crippen LogP contribution in [0.2, 0.25) is 0 Å². The summed E-state index contributed by atoms with van der Waals surface area (Å²) in [6, 6.07) is 12.9. The average molecular weight is 388 g/mol. The third-order valence-electron chi connectivity index (χ3n) is 5.08. The van der Waals surface area contributed by atoms with Crippen molar-refractivity contribution < 1.29 is 18.3 Å². The molecule has 0 saturated carbocycles. The van der Waals surface area contributed by atoms with Crippen LogP contribution < -0.4 is 5.32 Å². The zero-order valence-corrected chi connectivity index (χ0v) is 16.2. The van der Waals surface area contributed by atoms with E-state index < -0.39 is 21.3 Å². The SMILES string of the molecule is CS(=O)(=O)C(NCCCc1ccccc1C=O)c1ccc2c(c1)CCC2O. The maximum atomic E-state index is 12.3. The van der Waals surface area contributed by atoms with E-state index >= 15 is 0 Å². The number of aryl methyl sites for hydroxylation is 2. The predicted molar refractivity (Wildman–Crippen MR) is 105 cm³/mol. The number of benzene rings is 2. The summed E-state index contributed by atoms with van der Waals surface area (Å²) in [6.07, 6.45) is 4.51. The Morgan fingerprint density at radius 1 is 1.26 bits per heavy atom. The predicted octanol–water partition coefficient (Wildman–Crippen LogP) is 2.74. The molecule has 2 aromatic carbocycles. The molecule has 2 aromatic rings. The van der Waals surface area contributed by atoms with Gasteiger partial charge in [0.25, 0.3) is 0 Å². The monoisotopic (exact) mass is 387 g/mol. The molecule has 0 spiro atoms. The first-order chi connectivity index (χ1) is 12.9. The van der Waals surface area contributed by atoms with Crippen LogP contribution in [-0.4, -0.2) is 32.6 Å². The van der Waals surface area contributed by atoms with E-state index in [0.29, 0.717) is 30.5 Å². The number of carbonyl (C=O) groups excluding carboxylic acids is 1. The van der Waals surface area contributed by atoms with Crippen molar-refractivity contribution in [3.8, 4) is 0 Å². The van der Waals surface area contributed by atoms with Crippen LogP contribution in [0.1, 0.15) is 56.9 Å². The standard InChI is InChI=1S/C21H25NO4S/c1-27(25,26)21(17-8-10-19-16(13-17)9-11-20(19)24)22-12-4-7-15-5-2-3-6-18(15)14-23/h2-3,5-6,8,10,13-14,20-22,24H,4,7,9,11-12H2,1H3. The highest BCUT2D eigenvalue weighted by Crippen LogP contribution is 2.33. The maximum absolute atomic E-state index is 12.3. The summed E-state index contributed by atoms with van der Waals surface area (Å²) in [5, 5.41) is 12.3. The van der Waals surface area contributed by atoms with Crippen LogP contribution in [0, 0.1) is 0 Å². The molecule has 0 heterocycles. The second-order valence-corrected chi connectivity index (χ2v) is 9.23. The largest absolute Gasteiger partial charge is 0.388 e. The molecule has 6 heteroatoms. The second kappa shape index (κ2) is 8.33. The fourth-order valence-corrected chi connectivity index (χ4v) is 4.74. The number of rotatable bonds is 8. The molecule has 0 saturated heterocycles. The maximum Gasteiger partial charge on any atom is 0.167 e. The summed E-state index contributed by atoms with van der Waals surface area (Å²) in [7, 11) is -3.34. The summed E-state index contributed by atoms with van der Waals surface area (Å²) in [5.41, 5.74) is 4.27. The molecule has 0 bridgehead atoms. The van der Waals surface area contributed by atoms with E-state index in [4.69, 9.17) is 0 Å². The molecule has 0 amide bonds. The first-order valence-corrected chi connectivity index (χ1v) is 11.1. The van der Waals surface area contributed by atoms with Crippen molar-refractivity contribution in [2.75, 3.05) is 12.8 Å². The number of carbonyl (C=O) groups is 1. The Bertz CT molecular complexity index is 924. The summed E-state index contributed by atoms with van der Waals surface area (Å²) in [6.45, 7) is 0.518. The number of aldehydes is 1. The molecule has 0 radical (unpaired) electrons. The third kappa shape index (κ3) is 4.64. The zero-order valence-electron chi connectivity index (χ0n) is 15.4. The molecule has 27 heavy (non-hydrogen) atoms. The van der Waals surface area contributed by atoms with Gasteiger partial charge in [-0.25, -0.2) is 8.42 Å². The van der Waals surface area contributed by atoms with Crippen molar-refractivity contribution in [1.29, 1.82) is 0 Å². The van der Waals surface area contributed by atoms with Crippen molar-refractivity contribution in [2.24, 2.45) is 0 Å². The molecule has 144 valence electrons. The second-order valence-electron chi connectivity index (χ2n) is 7.10. The first-order valence-electron chi connectivity index (χ1n) is 9.16. The summed E-state index contributed by atoms with van der Waals surface area (Å²) in [4.78, 5) is 11.1. The lowest BCUT2D eigenvalue weighted by Gasteiger charge is -2.19. The first kappa shape index (κ1) is 19.7. The molecular weight excluding hydrogens is 362 g/mol.